The van der Waals surface area contributed by atoms with Crippen LogP contribution < -0.4 is 16.1 Å². The average Bonchev–Trinajstić information content (AvgIpc) is 0.938. The SMILES string of the molecule is C=CCOC(=O)N[C@@H]1[C@H](O)[C@H](O[C@@H](/C=C/C=C/C=C/C=C/C=C/C)C[C@@H]2O[C@](O)(C[C@@H](O)C[C@@H](O)[C@H](O)CC[C@@H](O)C[C@@H](O)CC(=O)O[C@@H](C)[C@H](C)[C@H](O)[C@@H](C)/C=C/C)C[C@H](OC(=O)OCC=C)[C@H]2NC(=O)NO[C@@H]2OC(CO)[C@@H](O)C(O)C2O)O[C@H](C)[C@H]1O. The number of aliphatic hydroxyl groups excluding tert-OH is 12. The third-order valence-corrected chi connectivity index (χ3v) is 15.1. The highest BCUT2D eigenvalue weighted by Crippen LogP contribution is 2.37. The first-order valence-electron chi connectivity index (χ1n) is 29.9. The number of rotatable bonds is 36. The van der Waals surface area contributed by atoms with Crippen molar-refractivity contribution in [3.8, 4) is 0 Å². The van der Waals surface area contributed by atoms with Crippen LogP contribution in [0.4, 0.5) is 14.4 Å². The van der Waals surface area contributed by atoms with Gasteiger partial charge in [-0.25, -0.2) is 24.7 Å². The summed E-state index contributed by atoms with van der Waals surface area (Å²) in [5.74, 6) is -4.02. The highest BCUT2D eigenvalue weighted by atomic mass is 16.8. The Kier molecular flexibility index (Phi) is 35.4. The van der Waals surface area contributed by atoms with Crippen LogP contribution in [0.25, 0.3) is 0 Å². The molecule has 29 nitrogen and oxygen atoms in total. The molecule has 3 aliphatic heterocycles. The molecule has 0 aliphatic carbocycles. The summed E-state index contributed by atoms with van der Waals surface area (Å²) >= 11 is 0. The van der Waals surface area contributed by atoms with E-state index in [1.165, 1.54) is 31.2 Å². The maximum atomic E-state index is 13.9. The fourth-order valence-electron chi connectivity index (χ4n) is 10.0. The third-order valence-electron chi connectivity index (χ3n) is 15.1. The smallest absolute Gasteiger partial charge is 0.462 e. The van der Waals surface area contributed by atoms with Gasteiger partial charge in [-0.3, -0.25) is 4.79 Å². The van der Waals surface area contributed by atoms with E-state index in [-0.39, 0.29) is 38.4 Å². The summed E-state index contributed by atoms with van der Waals surface area (Å²) in [7, 11) is 0. The zero-order chi connectivity index (χ0) is 67.3. The zero-order valence-electron chi connectivity index (χ0n) is 51.7. The molecule has 29 heteroatoms. The zero-order valence-corrected chi connectivity index (χ0v) is 51.7. The van der Waals surface area contributed by atoms with E-state index in [1.54, 1.807) is 56.4 Å². The van der Waals surface area contributed by atoms with E-state index >= 15 is 0 Å². The monoisotopic (exact) mass is 1290 g/mol. The van der Waals surface area contributed by atoms with E-state index in [9.17, 15) is 85.6 Å². The van der Waals surface area contributed by atoms with E-state index in [4.69, 9.17) is 42.7 Å². The lowest BCUT2D eigenvalue weighted by atomic mass is 9.86. The van der Waals surface area contributed by atoms with Crippen molar-refractivity contribution < 1.29 is 128 Å². The van der Waals surface area contributed by atoms with E-state index in [0.717, 1.165) is 0 Å². The summed E-state index contributed by atoms with van der Waals surface area (Å²) in [5, 5.41) is 147. The number of hydroxylamine groups is 1. The van der Waals surface area contributed by atoms with Crippen LogP contribution >= 0.6 is 0 Å². The summed E-state index contributed by atoms with van der Waals surface area (Å²) in [4.78, 5) is 57.8. The Morgan fingerprint density at radius 3 is 1.97 bits per heavy atom. The Bertz CT molecular complexity index is 2360. The molecule has 0 radical (unpaired) electrons. The van der Waals surface area contributed by atoms with Gasteiger partial charge >= 0.3 is 24.2 Å². The van der Waals surface area contributed by atoms with Gasteiger partial charge in [0.25, 0.3) is 0 Å². The second-order valence-electron chi connectivity index (χ2n) is 22.4. The second-order valence-corrected chi connectivity index (χ2v) is 22.4. The first kappa shape index (κ1) is 78.7. The Morgan fingerprint density at radius 2 is 1.33 bits per heavy atom. The van der Waals surface area contributed by atoms with Crippen molar-refractivity contribution in [1.29, 1.82) is 0 Å². The average molecular weight is 1290 g/mol. The van der Waals surface area contributed by atoms with Gasteiger partial charge in [0.05, 0.1) is 80.0 Å². The van der Waals surface area contributed by atoms with Gasteiger partial charge in [-0.1, -0.05) is 112 Å². The number of carbonyl (C=O) groups is 4. The molecule has 0 spiro atoms. The summed E-state index contributed by atoms with van der Waals surface area (Å²) in [6, 6.07) is -4.38. The molecule has 3 amide bonds. The van der Waals surface area contributed by atoms with Crippen molar-refractivity contribution in [2.45, 2.75) is 227 Å². The van der Waals surface area contributed by atoms with Crippen LogP contribution in [0.2, 0.25) is 0 Å². The minimum atomic E-state index is -2.59. The first-order chi connectivity index (χ1) is 42.6. The number of ether oxygens (including phenoxy) is 8. The van der Waals surface area contributed by atoms with E-state index < -0.39 is 203 Å². The standard InChI is InChI=1S/C61H97N3O26/c1-9-13-14-15-16-17-18-19-20-22-41(86-56-53(75)49(51(73)37(8)85-56)63-59(79)82-25-11-3)30-44-48(62-58(78)64-90-57-55(77)54(76)52(74)46(33-65)87-57)45(88-60(80)83-26-12-4)32-61(81,89-44)31-40(68)28-43(70)42(69)24-23-38(66)27-39(67)29-47(71)84-36(7)35(6)50(72)34(5)21-10-2/h9-22,34-46,48-57,65-70,72-77,81H,3-4,23-33H2,1-2,5-8H3,(H,63,79)(H2,62,64,78)/b13-9+,15-14+,17-16+,19-18+,21-10+,22-20+/t34-,35-,36-,37+,38+,39+,40-,41-,42+,43+,44-,45-,46?,48-,49-,50+,51+,52+,53-,54?,55?,56-,57-,61+/m0/s1. The highest BCUT2D eigenvalue weighted by molar-refractivity contribution is 5.73. The minimum absolute atomic E-state index is 0.200. The fourth-order valence-corrected chi connectivity index (χ4v) is 10.0. The number of amides is 3. The number of hydrogen-bond acceptors (Lipinski definition) is 26. The number of hydrogen-bond donors (Lipinski definition) is 16. The Morgan fingerprint density at radius 1 is 0.689 bits per heavy atom. The van der Waals surface area contributed by atoms with Gasteiger partial charge in [-0.05, 0) is 47.0 Å². The Balaban J connectivity index is 1.98. The van der Waals surface area contributed by atoms with Gasteiger partial charge in [-0.15, -0.1) is 0 Å². The Labute approximate surface area is 524 Å². The number of aliphatic hydroxyl groups is 13. The molecule has 90 heavy (non-hydrogen) atoms. The predicted octanol–water partition coefficient (Wildman–Crippen LogP) is 0.181. The van der Waals surface area contributed by atoms with Crippen molar-refractivity contribution in [3.63, 3.8) is 0 Å². The van der Waals surface area contributed by atoms with Gasteiger partial charge in [0, 0.05) is 37.5 Å². The summed E-state index contributed by atoms with van der Waals surface area (Å²) in [5.41, 5.74) is 1.96. The van der Waals surface area contributed by atoms with Crippen LogP contribution in [0.15, 0.2) is 98.2 Å². The van der Waals surface area contributed by atoms with E-state index in [2.05, 4.69) is 23.8 Å². The number of alkyl carbamates (subject to hydrolysis) is 1. The number of urea groups is 1. The van der Waals surface area contributed by atoms with Gasteiger partial charge in [0.2, 0.25) is 6.29 Å². The fraction of sp³-hybridized carbons (Fsp3) is 0.672. The lowest BCUT2D eigenvalue weighted by Crippen LogP contribution is -2.65. The van der Waals surface area contributed by atoms with Crippen LogP contribution in [-0.4, -0.2) is 245 Å². The van der Waals surface area contributed by atoms with Gasteiger partial charge in [0.15, 0.2) is 12.1 Å². The lowest BCUT2D eigenvalue weighted by molar-refractivity contribution is -0.312. The largest absolute Gasteiger partial charge is 0.508 e. The van der Waals surface area contributed by atoms with E-state index in [1.807, 2.05) is 44.5 Å². The normalized spacial score (nSPS) is 30.9. The van der Waals surface area contributed by atoms with Crippen molar-refractivity contribution in [2.75, 3.05) is 19.8 Å². The van der Waals surface area contributed by atoms with Gasteiger partial charge in [-0.2, -0.15) is 0 Å². The number of nitrogens with one attached hydrogen (secondary N) is 3. The van der Waals surface area contributed by atoms with Crippen molar-refractivity contribution in [1.82, 2.24) is 16.1 Å². The molecule has 24 atom stereocenters. The predicted molar refractivity (Wildman–Crippen MR) is 319 cm³/mol. The van der Waals surface area contributed by atoms with Crippen molar-refractivity contribution >= 4 is 24.2 Å². The quantitative estimate of drug-likeness (QED) is 0.0131. The number of allylic oxidation sites excluding steroid dienone is 10. The molecular formula is C61H97N3O26. The van der Waals surface area contributed by atoms with Crippen LogP contribution in [0.3, 0.4) is 0 Å². The molecular weight excluding hydrogens is 1190 g/mol. The Hall–Kier alpha value is -5.52. The maximum Gasteiger partial charge on any atom is 0.508 e. The maximum absolute atomic E-state index is 13.9. The molecule has 16 N–H and O–H groups in total. The number of esters is 1. The summed E-state index contributed by atoms with van der Waals surface area (Å²) in [6.45, 7) is 15.8. The molecule has 3 fully saturated rings. The molecule has 0 bridgehead atoms. The minimum Gasteiger partial charge on any atom is -0.462 e. The van der Waals surface area contributed by atoms with E-state index in [0.29, 0.717) is 0 Å². The molecule has 3 heterocycles. The number of carbonyl (C=O) groups excluding carboxylic acids is 4. The van der Waals surface area contributed by atoms with Crippen molar-refractivity contribution in [3.05, 3.63) is 98.2 Å². The third kappa shape index (κ3) is 26.6. The lowest BCUT2D eigenvalue weighted by Gasteiger charge is -2.47. The van der Waals surface area contributed by atoms with Gasteiger partial charge < -0.3 is 115 Å². The molecule has 3 unspecified atom stereocenters. The molecule has 0 saturated carbocycles. The first-order valence-corrected chi connectivity index (χ1v) is 29.9. The summed E-state index contributed by atoms with van der Waals surface area (Å²) in [6.07, 6.45) is -12.8. The summed E-state index contributed by atoms with van der Waals surface area (Å²) < 4.78 is 45.1. The molecule has 3 aliphatic rings. The van der Waals surface area contributed by atoms with Crippen LogP contribution in [0, 0.1) is 11.8 Å². The van der Waals surface area contributed by atoms with Gasteiger partial charge in [0.1, 0.15) is 62.0 Å². The molecule has 512 valence electrons. The second kappa shape index (κ2) is 40.5. The molecule has 0 aromatic carbocycles. The van der Waals surface area contributed by atoms with Crippen LogP contribution in [-0.2, 0) is 47.5 Å². The topological polar surface area (TPSA) is 450 Å². The highest BCUT2D eigenvalue weighted by Gasteiger charge is 2.52. The van der Waals surface area contributed by atoms with Crippen LogP contribution in [0.1, 0.15) is 92.9 Å². The van der Waals surface area contributed by atoms with Crippen LogP contribution in [0.5, 0.6) is 0 Å². The molecule has 0 aromatic rings. The molecule has 3 saturated heterocycles. The molecule has 0 aromatic heterocycles. The molecule has 3 rings (SSSR count). The van der Waals surface area contributed by atoms with Crippen molar-refractivity contribution in [2.24, 2.45) is 11.8 Å².